The molecule has 2 heteroatoms. The molecule has 1 aromatic carbocycles. The van der Waals surface area contributed by atoms with Gasteiger partial charge in [-0.25, -0.2) is 4.39 Å². The van der Waals surface area contributed by atoms with Gasteiger partial charge in [0.1, 0.15) is 5.82 Å². The van der Waals surface area contributed by atoms with E-state index in [-0.39, 0.29) is 5.82 Å². The van der Waals surface area contributed by atoms with Gasteiger partial charge in [-0.05, 0) is 48.4 Å². The van der Waals surface area contributed by atoms with Gasteiger partial charge in [0, 0.05) is 5.88 Å². The van der Waals surface area contributed by atoms with E-state index in [1.807, 2.05) is 13.0 Å². The molecule has 1 fully saturated rings. The van der Waals surface area contributed by atoms with Gasteiger partial charge in [-0.15, -0.1) is 11.6 Å². The van der Waals surface area contributed by atoms with Crippen LogP contribution in [0.5, 0.6) is 0 Å². The maximum Gasteiger partial charge on any atom is 0.123 e. The highest BCUT2D eigenvalue weighted by atomic mass is 35.5. The van der Waals surface area contributed by atoms with Crippen LogP contribution in [0.25, 0.3) is 0 Å². The number of halogens is 2. The first-order chi connectivity index (χ1) is 6.22. The zero-order valence-electron chi connectivity index (χ0n) is 7.56. The number of rotatable bonds is 2. The van der Waals surface area contributed by atoms with Gasteiger partial charge in [-0.3, -0.25) is 0 Å². The molecule has 0 saturated heterocycles. The number of alkyl halides is 1. The molecular formula is C11H12ClF. The van der Waals surface area contributed by atoms with E-state index in [9.17, 15) is 4.39 Å². The second-order valence-electron chi connectivity index (χ2n) is 3.76. The lowest BCUT2D eigenvalue weighted by atomic mass is 10.0. The molecule has 0 aromatic heterocycles. The zero-order chi connectivity index (χ0) is 9.42. The van der Waals surface area contributed by atoms with Gasteiger partial charge in [-0.2, -0.15) is 0 Å². The van der Waals surface area contributed by atoms with E-state index in [0.717, 1.165) is 17.9 Å². The van der Waals surface area contributed by atoms with Crippen molar-refractivity contribution in [1.29, 1.82) is 0 Å². The van der Waals surface area contributed by atoms with Crippen molar-refractivity contribution in [3.8, 4) is 0 Å². The molecule has 2 unspecified atom stereocenters. The first kappa shape index (κ1) is 9.01. The van der Waals surface area contributed by atoms with Crippen LogP contribution in [0.15, 0.2) is 18.2 Å². The average molecular weight is 199 g/mol. The van der Waals surface area contributed by atoms with Gasteiger partial charge in [0.25, 0.3) is 0 Å². The molecule has 13 heavy (non-hydrogen) atoms. The molecule has 1 aliphatic carbocycles. The van der Waals surface area contributed by atoms with Crippen LogP contribution >= 0.6 is 11.6 Å². The Labute approximate surface area is 82.7 Å². The second kappa shape index (κ2) is 3.30. The molecule has 0 radical (unpaired) electrons. The maximum absolute atomic E-state index is 12.8. The third-order valence-electron chi connectivity index (χ3n) is 2.75. The van der Waals surface area contributed by atoms with Crippen LogP contribution < -0.4 is 0 Å². The quantitative estimate of drug-likeness (QED) is 0.639. The topological polar surface area (TPSA) is 0 Å². The number of benzene rings is 1. The van der Waals surface area contributed by atoms with Crippen LogP contribution in [-0.4, -0.2) is 5.88 Å². The lowest BCUT2D eigenvalue weighted by Crippen LogP contribution is -1.90. The highest BCUT2D eigenvalue weighted by molar-refractivity contribution is 6.18. The Morgan fingerprint density at radius 2 is 2.31 bits per heavy atom. The Hall–Kier alpha value is -0.560. The average Bonchev–Trinajstić information content (AvgIpc) is 2.83. The molecule has 0 amide bonds. The fraction of sp³-hybridized carbons (Fsp3) is 0.455. The number of hydrogen-bond donors (Lipinski definition) is 0. The van der Waals surface area contributed by atoms with Crippen molar-refractivity contribution in [3.63, 3.8) is 0 Å². The summed E-state index contributed by atoms with van der Waals surface area (Å²) in [6, 6.07) is 5.02. The fourth-order valence-corrected chi connectivity index (χ4v) is 2.20. The van der Waals surface area contributed by atoms with E-state index in [1.165, 1.54) is 11.6 Å². The predicted molar refractivity (Wildman–Crippen MR) is 52.7 cm³/mol. The number of hydrogen-bond acceptors (Lipinski definition) is 0. The smallest absolute Gasteiger partial charge is 0.123 e. The highest BCUT2D eigenvalue weighted by Crippen LogP contribution is 2.48. The first-order valence-corrected chi connectivity index (χ1v) is 5.08. The van der Waals surface area contributed by atoms with Gasteiger partial charge >= 0.3 is 0 Å². The monoisotopic (exact) mass is 198 g/mol. The van der Waals surface area contributed by atoms with E-state index in [2.05, 4.69) is 0 Å². The molecule has 2 rings (SSSR count). The van der Waals surface area contributed by atoms with Crippen LogP contribution in [0.4, 0.5) is 4.39 Å². The van der Waals surface area contributed by atoms with E-state index >= 15 is 0 Å². The van der Waals surface area contributed by atoms with Crippen LogP contribution in [-0.2, 0) is 0 Å². The third kappa shape index (κ3) is 1.71. The van der Waals surface area contributed by atoms with E-state index < -0.39 is 0 Å². The molecule has 1 aliphatic rings. The van der Waals surface area contributed by atoms with Gasteiger partial charge in [0.2, 0.25) is 0 Å². The maximum atomic E-state index is 12.8. The molecule has 0 bridgehead atoms. The number of aryl methyl sites for hydroxylation is 1. The lowest BCUT2D eigenvalue weighted by molar-refractivity contribution is 0.625. The Kier molecular flexibility index (Phi) is 2.29. The Morgan fingerprint density at radius 3 is 2.85 bits per heavy atom. The zero-order valence-corrected chi connectivity index (χ0v) is 8.31. The van der Waals surface area contributed by atoms with Crippen molar-refractivity contribution in [1.82, 2.24) is 0 Å². The fourth-order valence-electron chi connectivity index (χ4n) is 1.85. The van der Waals surface area contributed by atoms with E-state index in [1.54, 1.807) is 6.07 Å². The Bertz CT molecular complexity index is 322. The second-order valence-corrected chi connectivity index (χ2v) is 4.07. The van der Waals surface area contributed by atoms with Gasteiger partial charge in [-0.1, -0.05) is 6.07 Å². The molecule has 2 atom stereocenters. The van der Waals surface area contributed by atoms with E-state index in [0.29, 0.717) is 11.8 Å². The molecule has 0 aliphatic heterocycles. The van der Waals surface area contributed by atoms with Gasteiger partial charge < -0.3 is 0 Å². The predicted octanol–water partition coefficient (Wildman–Crippen LogP) is 3.48. The van der Waals surface area contributed by atoms with Gasteiger partial charge in [0.05, 0.1) is 0 Å². The Morgan fingerprint density at radius 1 is 1.54 bits per heavy atom. The molecule has 0 heterocycles. The van der Waals surface area contributed by atoms with Crippen LogP contribution in [0.3, 0.4) is 0 Å². The van der Waals surface area contributed by atoms with Crippen molar-refractivity contribution in [2.75, 3.05) is 5.88 Å². The molecule has 0 N–H and O–H groups in total. The molecule has 1 aromatic rings. The summed E-state index contributed by atoms with van der Waals surface area (Å²) in [6.45, 7) is 1.96. The molecular weight excluding hydrogens is 187 g/mol. The summed E-state index contributed by atoms with van der Waals surface area (Å²) >= 11 is 5.75. The molecule has 70 valence electrons. The summed E-state index contributed by atoms with van der Waals surface area (Å²) in [5, 5.41) is 0. The van der Waals surface area contributed by atoms with Gasteiger partial charge in [0.15, 0.2) is 0 Å². The summed E-state index contributed by atoms with van der Waals surface area (Å²) in [5.41, 5.74) is 2.32. The third-order valence-corrected chi connectivity index (χ3v) is 3.15. The summed E-state index contributed by atoms with van der Waals surface area (Å²) in [6.07, 6.45) is 1.16. The minimum absolute atomic E-state index is 0.149. The first-order valence-electron chi connectivity index (χ1n) is 4.54. The summed E-state index contributed by atoms with van der Waals surface area (Å²) < 4.78 is 12.8. The highest BCUT2D eigenvalue weighted by Gasteiger charge is 2.38. The SMILES string of the molecule is Cc1cc(F)ccc1C1CC1CCl. The Balaban J connectivity index is 2.22. The van der Waals surface area contributed by atoms with Crippen molar-refractivity contribution >= 4 is 11.6 Å². The van der Waals surface area contributed by atoms with Crippen LogP contribution in [0.1, 0.15) is 23.5 Å². The summed E-state index contributed by atoms with van der Waals surface area (Å²) in [7, 11) is 0. The van der Waals surface area contributed by atoms with Crippen LogP contribution in [0, 0.1) is 18.7 Å². The molecule has 0 nitrogen and oxygen atoms in total. The summed E-state index contributed by atoms with van der Waals surface area (Å²) in [5.74, 6) is 1.77. The molecule has 0 spiro atoms. The normalized spacial score (nSPS) is 26.1. The minimum atomic E-state index is -0.149. The van der Waals surface area contributed by atoms with Crippen molar-refractivity contribution in [2.45, 2.75) is 19.3 Å². The standard InChI is InChI=1S/C11H12ClF/c1-7-4-9(13)2-3-10(7)11-5-8(11)6-12/h2-4,8,11H,5-6H2,1H3. The molecule has 1 saturated carbocycles. The summed E-state index contributed by atoms with van der Waals surface area (Å²) in [4.78, 5) is 0. The lowest BCUT2D eigenvalue weighted by Gasteiger charge is -2.03. The van der Waals surface area contributed by atoms with Crippen molar-refractivity contribution in [3.05, 3.63) is 35.1 Å². The minimum Gasteiger partial charge on any atom is -0.207 e. The van der Waals surface area contributed by atoms with Crippen molar-refractivity contribution in [2.24, 2.45) is 5.92 Å². The van der Waals surface area contributed by atoms with Crippen LogP contribution in [0.2, 0.25) is 0 Å². The van der Waals surface area contributed by atoms with E-state index in [4.69, 9.17) is 11.6 Å². The largest absolute Gasteiger partial charge is 0.207 e. The van der Waals surface area contributed by atoms with Crippen molar-refractivity contribution < 1.29 is 4.39 Å².